The molecule has 0 saturated carbocycles. The highest BCUT2D eigenvalue weighted by Crippen LogP contribution is 2.39. The third kappa shape index (κ3) is 3.28. The summed E-state index contributed by atoms with van der Waals surface area (Å²) in [5.41, 5.74) is 2.34. The second-order valence-corrected chi connectivity index (χ2v) is 7.17. The minimum Gasteiger partial charge on any atom is -0.482 e. The fourth-order valence-electron chi connectivity index (χ4n) is 2.93. The number of benzene rings is 1. The highest BCUT2D eigenvalue weighted by atomic mass is 16.5. The van der Waals surface area contributed by atoms with E-state index in [0.717, 1.165) is 17.9 Å². The van der Waals surface area contributed by atoms with Crippen molar-refractivity contribution in [3.63, 3.8) is 0 Å². The maximum absolute atomic E-state index is 11.4. The van der Waals surface area contributed by atoms with Gasteiger partial charge in [0.25, 0.3) is 5.91 Å². The van der Waals surface area contributed by atoms with Gasteiger partial charge in [-0.1, -0.05) is 40.7 Å². The van der Waals surface area contributed by atoms with Gasteiger partial charge in [-0.3, -0.25) is 4.79 Å². The van der Waals surface area contributed by atoms with Gasteiger partial charge < -0.3 is 10.1 Å². The van der Waals surface area contributed by atoms with Gasteiger partial charge in [0.05, 0.1) is 5.69 Å². The third-order valence-corrected chi connectivity index (χ3v) is 3.37. The van der Waals surface area contributed by atoms with Crippen molar-refractivity contribution in [2.75, 3.05) is 11.9 Å². The van der Waals surface area contributed by atoms with E-state index >= 15 is 0 Å². The molecule has 1 aromatic rings. The average Bonchev–Trinajstić information content (AvgIpc) is 2.24. The number of hydrogen-bond acceptors (Lipinski definition) is 2. The van der Waals surface area contributed by atoms with Crippen LogP contribution in [-0.4, -0.2) is 12.5 Å². The topological polar surface area (TPSA) is 38.3 Å². The predicted molar refractivity (Wildman–Crippen MR) is 77.7 cm³/mol. The highest BCUT2D eigenvalue weighted by molar-refractivity contribution is 5.95. The van der Waals surface area contributed by atoms with Crippen molar-refractivity contribution in [1.29, 1.82) is 0 Å². The van der Waals surface area contributed by atoms with Crippen LogP contribution in [0.25, 0.3) is 0 Å². The molecule has 0 atom stereocenters. The lowest BCUT2D eigenvalue weighted by atomic mass is 9.72. The molecule has 3 nitrogen and oxygen atoms in total. The van der Waals surface area contributed by atoms with Gasteiger partial charge in [0.1, 0.15) is 5.75 Å². The molecule has 3 heteroatoms. The van der Waals surface area contributed by atoms with E-state index in [1.54, 1.807) is 0 Å². The van der Waals surface area contributed by atoms with E-state index in [9.17, 15) is 4.79 Å². The molecule has 0 radical (unpaired) electrons. The SMILES string of the molecule is CC(C)(C)CC(C)(C)c1ccc2c(c1)NC(=O)CO2. The lowest BCUT2D eigenvalue weighted by Gasteiger charge is -2.33. The second-order valence-electron chi connectivity index (χ2n) is 7.17. The van der Waals surface area contributed by atoms with E-state index in [2.05, 4.69) is 46.0 Å². The molecule has 1 heterocycles. The predicted octanol–water partition coefficient (Wildman–Crippen LogP) is 3.73. The standard InChI is InChI=1S/C16H23NO2/c1-15(2,3)10-16(4,5)11-6-7-13-12(8-11)17-14(18)9-19-13/h6-8H,9-10H2,1-5H3,(H,17,18). The maximum Gasteiger partial charge on any atom is 0.262 e. The van der Waals surface area contributed by atoms with Gasteiger partial charge >= 0.3 is 0 Å². The number of fused-ring (bicyclic) bond motifs is 1. The van der Waals surface area contributed by atoms with Gasteiger partial charge in [0.2, 0.25) is 0 Å². The van der Waals surface area contributed by atoms with Crippen molar-refractivity contribution >= 4 is 11.6 Å². The van der Waals surface area contributed by atoms with Crippen LogP contribution in [0.3, 0.4) is 0 Å². The van der Waals surface area contributed by atoms with Crippen LogP contribution >= 0.6 is 0 Å². The first-order valence-electron chi connectivity index (χ1n) is 6.75. The monoisotopic (exact) mass is 261 g/mol. The normalized spacial score (nSPS) is 15.5. The van der Waals surface area contributed by atoms with Crippen LogP contribution in [0.2, 0.25) is 0 Å². The Labute approximate surface area is 115 Å². The minimum absolute atomic E-state index is 0.0649. The fourth-order valence-corrected chi connectivity index (χ4v) is 2.93. The Bertz CT molecular complexity index is 498. The minimum atomic E-state index is -0.0849. The zero-order chi connectivity index (χ0) is 14.3. The summed E-state index contributed by atoms with van der Waals surface area (Å²) in [4.78, 5) is 11.4. The molecular formula is C16H23NO2. The van der Waals surface area contributed by atoms with Crippen LogP contribution < -0.4 is 10.1 Å². The van der Waals surface area contributed by atoms with Crippen LogP contribution in [0.15, 0.2) is 18.2 Å². The molecule has 0 fully saturated rings. The second kappa shape index (κ2) is 4.55. The van der Waals surface area contributed by atoms with Crippen molar-refractivity contribution in [2.45, 2.75) is 46.5 Å². The van der Waals surface area contributed by atoms with Crippen molar-refractivity contribution in [2.24, 2.45) is 5.41 Å². The Morgan fingerprint density at radius 1 is 1.21 bits per heavy atom. The summed E-state index contributed by atoms with van der Waals surface area (Å²) in [6, 6.07) is 6.09. The number of ether oxygens (including phenoxy) is 1. The lowest BCUT2D eigenvalue weighted by Crippen LogP contribution is -2.27. The van der Waals surface area contributed by atoms with E-state index < -0.39 is 0 Å². The molecule has 0 unspecified atom stereocenters. The lowest BCUT2D eigenvalue weighted by molar-refractivity contribution is -0.118. The first-order chi connectivity index (χ1) is 8.67. The maximum atomic E-state index is 11.4. The molecule has 0 aliphatic carbocycles. The Balaban J connectivity index is 2.31. The zero-order valence-corrected chi connectivity index (χ0v) is 12.5. The molecule has 0 bridgehead atoms. The Kier molecular flexibility index (Phi) is 3.33. The number of amides is 1. The Morgan fingerprint density at radius 2 is 1.89 bits per heavy atom. The summed E-state index contributed by atoms with van der Waals surface area (Å²) in [7, 11) is 0. The van der Waals surface area contributed by atoms with Crippen LogP contribution in [0, 0.1) is 5.41 Å². The van der Waals surface area contributed by atoms with E-state index in [4.69, 9.17) is 4.74 Å². The van der Waals surface area contributed by atoms with Crippen LogP contribution in [-0.2, 0) is 10.2 Å². The van der Waals surface area contributed by atoms with Gasteiger partial charge in [-0.2, -0.15) is 0 Å². The summed E-state index contributed by atoms with van der Waals surface area (Å²) >= 11 is 0. The van der Waals surface area contributed by atoms with Crippen LogP contribution in [0.5, 0.6) is 5.75 Å². The summed E-state index contributed by atoms with van der Waals surface area (Å²) in [5, 5.41) is 2.87. The van der Waals surface area contributed by atoms with E-state index in [0.29, 0.717) is 0 Å². The number of carbonyl (C=O) groups excluding carboxylic acids is 1. The molecule has 1 aliphatic heterocycles. The van der Waals surface area contributed by atoms with E-state index in [1.165, 1.54) is 5.56 Å². The van der Waals surface area contributed by atoms with Gasteiger partial charge in [-0.25, -0.2) is 0 Å². The summed E-state index contributed by atoms with van der Waals surface area (Å²) in [6.07, 6.45) is 1.08. The third-order valence-electron chi connectivity index (χ3n) is 3.37. The summed E-state index contributed by atoms with van der Waals surface area (Å²) in [6.45, 7) is 11.3. The molecule has 104 valence electrons. The number of carbonyl (C=O) groups is 1. The Hall–Kier alpha value is -1.51. The van der Waals surface area contributed by atoms with Crippen LogP contribution in [0.4, 0.5) is 5.69 Å². The van der Waals surface area contributed by atoms with Gasteiger partial charge in [-0.05, 0) is 34.9 Å². The highest BCUT2D eigenvalue weighted by Gasteiger charge is 2.28. The van der Waals surface area contributed by atoms with Crippen molar-refractivity contribution in [3.8, 4) is 5.75 Å². The zero-order valence-electron chi connectivity index (χ0n) is 12.5. The molecule has 2 rings (SSSR count). The van der Waals surface area contributed by atoms with Crippen molar-refractivity contribution in [1.82, 2.24) is 0 Å². The average molecular weight is 261 g/mol. The molecule has 0 aromatic heterocycles. The van der Waals surface area contributed by atoms with Crippen LogP contribution in [0.1, 0.15) is 46.6 Å². The number of rotatable bonds is 2. The first kappa shape index (κ1) is 13.9. The van der Waals surface area contributed by atoms with Gasteiger partial charge in [-0.15, -0.1) is 0 Å². The summed E-state index contributed by atoms with van der Waals surface area (Å²) < 4.78 is 5.39. The number of anilines is 1. The Morgan fingerprint density at radius 3 is 2.53 bits per heavy atom. The van der Waals surface area contributed by atoms with Crippen molar-refractivity contribution < 1.29 is 9.53 Å². The van der Waals surface area contributed by atoms with E-state index in [1.807, 2.05) is 12.1 Å². The molecule has 1 amide bonds. The number of hydrogen-bond donors (Lipinski definition) is 1. The fraction of sp³-hybridized carbons (Fsp3) is 0.562. The van der Waals surface area contributed by atoms with Gasteiger partial charge in [0.15, 0.2) is 6.61 Å². The molecule has 1 aliphatic rings. The smallest absolute Gasteiger partial charge is 0.262 e. The largest absolute Gasteiger partial charge is 0.482 e. The van der Waals surface area contributed by atoms with Gasteiger partial charge in [0, 0.05) is 0 Å². The van der Waals surface area contributed by atoms with E-state index in [-0.39, 0.29) is 23.3 Å². The molecular weight excluding hydrogens is 238 g/mol. The van der Waals surface area contributed by atoms with Crippen molar-refractivity contribution in [3.05, 3.63) is 23.8 Å². The number of nitrogens with one attached hydrogen (secondary N) is 1. The quantitative estimate of drug-likeness (QED) is 0.881. The molecule has 1 N–H and O–H groups in total. The summed E-state index contributed by atoms with van der Waals surface area (Å²) in [5.74, 6) is 0.674. The first-order valence-corrected chi connectivity index (χ1v) is 6.75. The molecule has 0 spiro atoms. The molecule has 19 heavy (non-hydrogen) atoms. The molecule has 1 aromatic carbocycles. The molecule has 0 saturated heterocycles.